The fraction of sp³-hybridized carbons (Fsp3) is 0.588. The lowest BCUT2D eigenvalue weighted by Crippen LogP contribution is -2.50. The second-order valence-corrected chi connectivity index (χ2v) is 7.49. The van der Waals surface area contributed by atoms with Gasteiger partial charge in [-0.1, -0.05) is 12.1 Å². The topological polar surface area (TPSA) is 43.8 Å². The molecule has 1 amide bonds. The zero-order valence-electron chi connectivity index (χ0n) is 13.2. The summed E-state index contributed by atoms with van der Waals surface area (Å²) >= 11 is 1.64. The lowest BCUT2D eigenvalue weighted by Gasteiger charge is -2.29. The van der Waals surface area contributed by atoms with E-state index in [-0.39, 0.29) is 11.7 Å². The largest absolute Gasteiger partial charge is 0.379 e. The van der Waals surface area contributed by atoms with E-state index in [1.165, 1.54) is 12.1 Å². The van der Waals surface area contributed by atoms with E-state index < -0.39 is 5.60 Å². The smallest absolute Gasteiger partial charge is 0.255 e. The predicted molar refractivity (Wildman–Crippen MR) is 89.8 cm³/mol. The maximum absolute atomic E-state index is 13.0. The molecule has 0 aliphatic carbocycles. The van der Waals surface area contributed by atoms with Gasteiger partial charge in [-0.2, -0.15) is 11.8 Å². The van der Waals surface area contributed by atoms with E-state index in [2.05, 4.69) is 4.90 Å². The Kier molecular flexibility index (Phi) is 5.24. The van der Waals surface area contributed by atoms with E-state index in [0.717, 1.165) is 37.4 Å². The Morgan fingerprint density at radius 2 is 2.00 bits per heavy atom. The highest BCUT2D eigenvalue weighted by atomic mass is 32.2. The highest BCUT2D eigenvalue weighted by Crippen LogP contribution is 2.30. The van der Waals surface area contributed by atoms with Crippen LogP contribution in [0.15, 0.2) is 24.3 Å². The first kappa shape index (κ1) is 16.7. The van der Waals surface area contributed by atoms with Crippen LogP contribution in [0.5, 0.6) is 0 Å². The number of carbonyl (C=O) groups excluding carboxylic acids is 1. The van der Waals surface area contributed by atoms with Crippen LogP contribution in [0.4, 0.5) is 4.39 Å². The van der Waals surface area contributed by atoms with E-state index in [1.54, 1.807) is 11.8 Å². The number of thioether (sulfide) groups is 1. The molecule has 1 atom stereocenters. The van der Waals surface area contributed by atoms with E-state index >= 15 is 0 Å². The van der Waals surface area contributed by atoms with Crippen LogP contribution in [-0.4, -0.2) is 64.1 Å². The average Bonchev–Trinajstić information content (AvgIpc) is 2.87. The van der Waals surface area contributed by atoms with Crippen LogP contribution in [0, 0.1) is 5.82 Å². The summed E-state index contributed by atoms with van der Waals surface area (Å²) < 4.78 is 13.0. The van der Waals surface area contributed by atoms with Crippen LogP contribution >= 0.6 is 11.8 Å². The quantitative estimate of drug-likeness (QED) is 0.912. The van der Waals surface area contributed by atoms with Gasteiger partial charge in [-0.05, 0) is 36.3 Å². The lowest BCUT2D eigenvalue weighted by molar-refractivity contribution is -0.148. The SMILES string of the molecule is O=C(N1CCCN(Cc2ccc(F)cc2)CC1)C1(O)CCSC1. The van der Waals surface area contributed by atoms with Gasteiger partial charge < -0.3 is 10.0 Å². The van der Waals surface area contributed by atoms with Crippen molar-refractivity contribution in [2.24, 2.45) is 0 Å². The highest BCUT2D eigenvalue weighted by molar-refractivity contribution is 7.99. The Bertz CT molecular complexity index is 546. The van der Waals surface area contributed by atoms with Gasteiger partial charge >= 0.3 is 0 Å². The number of benzene rings is 1. The third-order valence-corrected chi connectivity index (χ3v) is 5.77. The van der Waals surface area contributed by atoms with Gasteiger partial charge in [0.15, 0.2) is 5.60 Å². The number of carbonyl (C=O) groups is 1. The monoisotopic (exact) mass is 338 g/mol. The molecule has 0 spiro atoms. The molecule has 6 heteroatoms. The van der Waals surface area contributed by atoms with Crippen molar-refractivity contribution in [1.82, 2.24) is 9.80 Å². The molecule has 0 saturated carbocycles. The predicted octanol–water partition coefficient (Wildman–Crippen LogP) is 1.73. The summed E-state index contributed by atoms with van der Waals surface area (Å²) in [6, 6.07) is 6.58. The van der Waals surface area contributed by atoms with Crippen molar-refractivity contribution in [3.8, 4) is 0 Å². The summed E-state index contributed by atoms with van der Waals surface area (Å²) in [5, 5.41) is 10.5. The third-order valence-electron chi connectivity index (χ3n) is 4.59. The number of hydrogen-bond acceptors (Lipinski definition) is 4. The normalized spacial score (nSPS) is 26.3. The van der Waals surface area contributed by atoms with Crippen molar-refractivity contribution < 1.29 is 14.3 Å². The van der Waals surface area contributed by atoms with Crippen molar-refractivity contribution in [2.45, 2.75) is 25.0 Å². The van der Waals surface area contributed by atoms with Crippen molar-refractivity contribution in [2.75, 3.05) is 37.7 Å². The van der Waals surface area contributed by atoms with Gasteiger partial charge in [0, 0.05) is 38.5 Å². The summed E-state index contributed by atoms with van der Waals surface area (Å²) in [6.07, 6.45) is 1.46. The first-order valence-corrected chi connectivity index (χ1v) is 9.29. The van der Waals surface area contributed by atoms with Crippen LogP contribution in [0.1, 0.15) is 18.4 Å². The Hall–Kier alpha value is -1.11. The maximum Gasteiger partial charge on any atom is 0.255 e. The number of amides is 1. The number of halogens is 1. The average molecular weight is 338 g/mol. The van der Waals surface area contributed by atoms with E-state index in [1.807, 2.05) is 17.0 Å². The van der Waals surface area contributed by atoms with Crippen molar-refractivity contribution in [1.29, 1.82) is 0 Å². The fourth-order valence-corrected chi connectivity index (χ4v) is 4.43. The van der Waals surface area contributed by atoms with Gasteiger partial charge in [-0.3, -0.25) is 9.69 Å². The van der Waals surface area contributed by atoms with E-state index in [0.29, 0.717) is 25.3 Å². The molecule has 23 heavy (non-hydrogen) atoms. The Morgan fingerprint density at radius 3 is 2.70 bits per heavy atom. The second kappa shape index (κ2) is 7.20. The Morgan fingerprint density at radius 1 is 1.22 bits per heavy atom. The minimum atomic E-state index is -1.16. The van der Waals surface area contributed by atoms with Crippen LogP contribution < -0.4 is 0 Å². The van der Waals surface area contributed by atoms with Gasteiger partial charge in [-0.25, -0.2) is 4.39 Å². The summed E-state index contributed by atoms with van der Waals surface area (Å²) in [5.74, 6) is 1.05. The summed E-state index contributed by atoms with van der Waals surface area (Å²) in [4.78, 5) is 16.7. The molecule has 2 aliphatic heterocycles. The van der Waals surface area contributed by atoms with Crippen LogP contribution in [-0.2, 0) is 11.3 Å². The molecule has 2 saturated heterocycles. The summed E-state index contributed by atoms with van der Waals surface area (Å²) in [7, 11) is 0. The molecular weight excluding hydrogens is 315 g/mol. The molecule has 0 bridgehead atoms. The lowest BCUT2D eigenvalue weighted by atomic mass is 10.0. The second-order valence-electron chi connectivity index (χ2n) is 6.38. The fourth-order valence-electron chi connectivity index (χ4n) is 3.20. The van der Waals surface area contributed by atoms with Crippen LogP contribution in [0.3, 0.4) is 0 Å². The minimum absolute atomic E-state index is 0.105. The van der Waals surface area contributed by atoms with Crippen molar-refractivity contribution >= 4 is 17.7 Å². The number of rotatable bonds is 3. The minimum Gasteiger partial charge on any atom is -0.379 e. The number of aliphatic hydroxyl groups is 1. The summed E-state index contributed by atoms with van der Waals surface area (Å²) in [5.41, 5.74) is -0.0754. The molecule has 1 aromatic rings. The highest BCUT2D eigenvalue weighted by Gasteiger charge is 2.42. The Balaban J connectivity index is 1.56. The molecule has 3 rings (SSSR count). The zero-order chi connectivity index (χ0) is 16.3. The molecule has 1 unspecified atom stereocenters. The first-order chi connectivity index (χ1) is 11.1. The first-order valence-electron chi connectivity index (χ1n) is 8.13. The summed E-state index contributed by atoms with van der Waals surface area (Å²) in [6.45, 7) is 3.81. The molecule has 0 radical (unpaired) electrons. The molecule has 2 fully saturated rings. The molecule has 2 aliphatic rings. The third kappa shape index (κ3) is 4.05. The molecule has 2 heterocycles. The maximum atomic E-state index is 13.0. The van der Waals surface area contributed by atoms with Gasteiger partial charge in [0.2, 0.25) is 0 Å². The standard InChI is InChI=1S/C17H23FN2O2S/c18-15-4-2-14(3-5-15)12-19-7-1-8-20(10-9-19)16(21)17(22)6-11-23-13-17/h2-5,22H,1,6-13H2. The zero-order valence-corrected chi connectivity index (χ0v) is 14.0. The number of hydrogen-bond donors (Lipinski definition) is 1. The van der Waals surface area contributed by atoms with Crippen LogP contribution in [0.25, 0.3) is 0 Å². The van der Waals surface area contributed by atoms with Crippen molar-refractivity contribution in [3.63, 3.8) is 0 Å². The Labute approximate surface area is 140 Å². The van der Waals surface area contributed by atoms with Crippen molar-refractivity contribution in [3.05, 3.63) is 35.6 Å². The molecule has 0 aromatic heterocycles. The van der Waals surface area contributed by atoms with Gasteiger partial charge in [0.25, 0.3) is 5.91 Å². The van der Waals surface area contributed by atoms with Gasteiger partial charge in [-0.15, -0.1) is 0 Å². The number of nitrogens with zero attached hydrogens (tertiary/aromatic N) is 2. The van der Waals surface area contributed by atoms with E-state index in [4.69, 9.17) is 0 Å². The molecule has 1 N–H and O–H groups in total. The van der Waals surface area contributed by atoms with Gasteiger partial charge in [0.1, 0.15) is 5.82 Å². The van der Waals surface area contributed by atoms with Crippen LogP contribution in [0.2, 0.25) is 0 Å². The molecule has 1 aromatic carbocycles. The molecule has 4 nitrogen and oxygen atoms in total. The van der Waals surface area contributed by atoms with E-state index in [9.17, 15) is 14.3 Å². The molecular formula is C17H23FN2O2S. The van der Waals surface area contributed by atoms with Gasteiger partial charge in [0.05, 0.1) is 0 Å². The molecule has 126 valence electrons.